The van der Waals surface area contributed by atoms with Crippen LogP contribution >= 0.6 is 11.6 Å². The molecule has 4 heteroatoms. The van der Waals surface area contributed by atoms with Crippen LogP contribution in [-0.4, -0.2) is 17.8 Å². The second kappa shape index (κ2) is 7.23. The van der Waals surface area contributed by atoms with E-state index in [1.54, 1.807) is 12.1 Å². The molecule has 0 amide bonds. The van der Waals surface area contributed by atoms with Crippen molar-refractivity contribution in [2.24, 2.45) is 0 Å². The third kappa shape index (κ3) is 4.57. The van der Waals surface area contributed by atoms with Gasteiger partial charge in [-0.1, -0.05) is 23.7 Å². The van der Waals surface area contributed by atoms with E-state index in [2.05, 4.69) is 12.2 Å². The molecule has 0 bridgehead atoms. The molecule has 0 saturated heterocycles. The summed E-state index contributed by atoms with van der Waals surface area (Å²) in [5.41, 5.74) is 2.06. The molecule has 0 fully saturated rings. The number of phenolic OH excluding ortho intramolecular Hbond substituents is 1. The number of rotatable bonds is 6. The molecule has 2 N–H and O–H groups in total. The highest BCUT2D eigenvalue weighted by molar-refractivity contribution is 6.30. The highest BCUT2D eigenvalue weighted by Crippen LogP contribution is 2.29. The second-order valence-electron chi connectivity index (χ2n) is 4.99. The third-order valence-electron chi connectivity index (χ3n) is 3.12. The van der Waals surface area contributed by atoms with Crippen molar-refractivity contribution in [1.29, 1.82) is 0 Å². The van der Waals surface area contributed by atoms with Crippen molar-refractivity contribution in [3.63, 3.8) is 0 Å². The lowest BCUT2D eigenvalue weighted by molar-refractivity contribution is 0.341. The van der Waals surface area contributed by atoms with Gasteiger partial charge in [0.1, 0.15) is 11.5 Å². The van der Waals surface area contributed by atoms with Gasteiger partial charge in [-0.05, 0) is 56.2 Å². The summed E-state index contributed by atoms with van der Waals surface area (Å²) in [6.07, 6.45) is 0.846. The van der Waals surface area contributed by atoms with Gasteiger partial charge < -0.3 is 15.2 Å². The molecule has 0 aliphatic heterocycles. The average molecular weight is 306 g/mol. The van der Waals surface area contributed by atoms with Gasteiger partial charge in [0.2, 0.25) is 0 Å². The Morgan fingerprint density at radius 1 is 1.19 bits per heavy atom. The van der Waals surface area contributed by atoms with Gasteiger partial charge in [0.25, 0.3) is 0 Å². The molecular formula is C17H20ClNO2. The molecule has 2 rings (SSSR count). The first kappa shape index (κ1) is 15.5. The molecule has 0 spiro atoms. The Morgan fingerprint density at radius 2 is 1.90 bits per heavy atom. The zero-order chi connectivity index (χ0) is 15.2. The summed E-state index contributed by atoms with van der Waals surface area (Å²) in [7, 11) is 0. The van der Waals surface area contributed by atoms with Crippen molar-refractivity contribution in [3.05, 3.63) is 53.1 Å². The Morgan fingerprint density at radius 3 is 2.57 bits per heavy atom. The van der Waals surface area contributed by atoms with Gasteiger partial charge >= 0.3 is 0 Å². The molecule has 21 heavy (non-hydrogen) atoms. The fourth-order valence-corrected chi connectivity index (χ4v) is 2.37. The number of nitrogens with one attached hydrogen (secondary N) is 1. The molecule has 2 aromatic carbocycles. The second-order valence-corrected chi connectivity index (χ2v) is 5.43. The summed E-state index contributed by atoms with van der Waals surface area (Å²) >= 11 is 6.05. The lowest BCUT2D eigenvalue weighted by atomic mass is 10.1. The van der Waals surface area contributed by atoms with Crippen LogP contribution in [0.2, 0.25) is 5.02 Å². The number of hydrogen-bond acceptors (Lipinski definition) is 3. The Kier molecular flexibility index (Phi) is 5.34. The minimum absolute atomic E-state index is 0.215. The molecule has 0 heterocycles. The van der Waals surface area contributed by atoms with Crippen LogP contribution in [0.3, 0.4) is 0 Å². The lowest BCUT2D eigenvalue weighted by Gasteiger charge is -2.18. The smallest absolute Gasteiger partial charge is 0.142 e. The molecule has 0 aliphatic rings. The van der Waals surface area contributed by atoms with Crippen LogP contribution in [0.5, 0.6) is 11.5 Å². The Hall–Kier alpha value is -1.87. The standard InChI is InChI=1S/C17H20ClNO2/c1-3-21-17-9-6-14(18)11-16(17)19-12(2)10-13-4-7-15(20)8-5-13/h4-9,11-12,19-20H,3,10H2,1-2H3. The summed E-state index contributed by atoms with van der Waals surface area (Å²) < 4.78 is 5.60. The molecule has 1 atom stereocenters. The summed E-state index contributed by atoms with van der Waals surface area (Å²) in [6.45, 7) is 4.67. The fraction of sp³-hybridized carbons (Fsp3) is 0.294. The number of halogens is 1. The molecule has 0 aromatic heterocycles. The first-order valence-corrected chi connectivity index (χ1v) is 7.43. The molecule has 0 saturated carbocycles. The van der Waals surface area contributed by atoms with Crippen molar-refractivity contribution in [2.45, 2.75) is 26.3 Å². The van der Waals surface area contributed by atoms with Crippen molar-refractivity contribution in [1.82, 2.24) is 0 Å². The molecule has 1 unspecified atom stereocenters. The highest BCUT2D eigenvalue weighted by Gasteiger charge is 2.09. The molecule has 112 valence electrons. The summed E-state index contributed by atoms with van der Waals surface area (Å²) in [4.78, 5) is 0. The van der Waals surface area contributed by atoms with Gasteiger partial charge in [-0.2, -0.15) is 0 Å². The zero-order valence-electron chi connectivity index (χ0n) is 12.3. The minimum Gasteiger partial charge on any atom is -0.508 e. The van der Waals surface area contributed by atoms with Gasteiger partial charge in [0.15, 0.2) is 0 Å². The Bertz CT molecular complexity index is 584. The van der Waals surface area contributed by atoms with Crippen molar-refractivity contribution < 1.29 is 9.84 Å². The van der Waals surface area contributed by atoms with E-state index >= 15 is 0 Å². The number of hydrogen-bond donors (Lipinski definition) is 2. The van der Waals surface area contributed by atoms with Crippen LogP contribution in [0.25, 0.3) is 0 Å². The average Bonchev–Trinajstić information content (AvgIpc) is 2.44. The highest BCUT2D eigenvalue weighted by atomic mass is 35.5. The van der Waals surface area contributed by atoms with Crippen LogP contribution in [-0.2, 0) is 6.42 Å². The van der Waals surface area contributed by atoms with Crippen LogP contribution in [0.4, 0.5) is 5.69 Å². The van der Waals surface area contributed by atoms with E-state index in [0.29, 0.717) is 11.6 Å². The number of anilines is 1. The maximum Gasteiger partial charge on any atom is 0.142 e. The number of aromatic hydroxyl groups is 1. The van der Waals surface area contributed by atoms with E-state index < -0.39 is 0 Å². The van der Waals surface area contributed by atoms with Crippen LogP contribution < -0.4 is 10.1 Å². The van der Waals surface area contributed by atoms with Gasteiger partial charge in [-0.3, -0.25) is 0 Å². The SMILES string of the molecule is CCOc1ccc(Cl)cc1NC(C)Cc1ccc(O)cc1. The van der Waals surface area contributed by atoms with E-state index in [-0.39, 0.29) is 11.8 Å². The van der Waals surface area contributed by atoms with Gasteiger partial charge in [0, 0.05) is 11.1 Å². The van der Waals surface area contributed by atoms with E-state index in [1.165, 1.54) is 0 Å². The van der Waals surface area contributed by atoms with Crippen LogP contribution in [0.15, 0.2) is 42.5 Å². The topological polar surface area (TPSA) is 41.5 Å². The number of benzene rings is 2. The number of ether oxygens (including phenoxy) is 1. The first-order valence-electron chi connectivity index (χ1n) is 7.05. The largest absolute Gasteiger partial charge is 0.508 e. The van der Waals surface area contributed by atoms with E-state index in [9.17, 15) is 5.11 Å². The predicted molar refractivity (Wildman–Crippen MR) is 87.5 cm³/mol. The number of phenols is 1. The summed E-state index contributed by atoms with van der Waals surface area (Å²) in [5, 5.41) is 13.4. The maximum atomic E-state index is 9.31. The Balaban J connectivity index is 2.06. The predicted octanol–water partition coefficient (Wildman–Crippen LogP) is 4.49. The van der Waals surface area contributed by atoms with Crippen molar-refractivity contribution >= 4 is 17.3 Å². The van der Waals surface area contributed by atoms with Crippen LogP contribution in [0.1, 0.15) is 19.4 Å². The molecule has 2 aromatic rings. The molecule has 0 aliphatic carbocycles. The lowest BCUT2D eigenvalue weighted by Crippen LogP contribution is -2.18. The summed E-state index contributed by atoms with van der Waals surface area (Å²) in [6, 6.07) is 13.0. The van der Waals surface area contributed by atoms with Gasteiger partial charge in [-0.25, -0.2) is 0 Å². The fourth-order valence-electron chi connectivity index (χ4n) is 2.20. The quantitative estimate of drug-likeness (QED) is 0.826. The maximum absolute atomic E-state index is 9.31. The van der Waals surface area contributed by atoms with Crippen molar-refractivity contribution in [3.8, 4) is 11.5 Å². The molecule has 0 radical (unpaired) electrons. The first-order chi connectivity index (χ1) is 10.1. The molecular weight excluding hydrogens is 286 g/mol. The van der Waals surface area contributed by atoms with Crippen LogP contribution in [0, 0.1) is 0 Å². The molecule has 3 nitrogen and oxygen atoms in total. The summed E-state index contributed by atoms with van der Waals surface area (Å²) in [5.74, 6) is 1.09. The van der Waals surface area contributed by atoms with E-state index in [4.69, 9.17) is 16.3 Å². The normalized spacial score (nSPS) is 12.0. The third-order valence-corrected chi connectivity index (χ3v) is 3.36. The van der Waals surface area contributed by atoms with E-state index in [1.807, 2.05) is 37.3 Å². The zero-order valence-corrected chi connectivity index (χ0v) is 13.0. The van der Waals surface area contributed by atoms with Crippen molar-refractivity contribution in [2.75, 3.05) is 11.9 Å². The van der Waals surface area contributed by atoms with Gasteiger partial charge in [-0.15, -0.1) is 0 Å². The Labute approximate surface area is 130 Å². The minimum atomic E-state index is 0.215. The van der Waals surface area contributed by atoms with E-state index in [0.717, 1.165) is 23.4 Å². The van der Waals surface area contributed by atoms with Gasteiger partial charge in [0.05, 0.1) is 12.3 Å². The monoisotopic (exact) mass is 305 g/mol.